The average molecular weight is 426 g/mol. The van der Waals surface area contributed by atoms with E-state index >= 15 is 0 Å². The molecule has 0 aliphatic carbocycles. The number of aryl methyl sites for hydroxylation is 4. The summed E-state index contributed by atoms with van der Waals surface area (Å²) >= 11 is 0. The van der Waals surface area contributed by atoms with Crippen LogP contribution in [0.1, 0.15) is 51.8 Å². The van der Waals surface area contributed by atoms with Crippen LogP contribution in [0.5, 0.6) is 0 Å². The van der Waals surface area contributed by atoms with Gasteiger partial charge >= 0.3 is 0 Å². The number of fused-ring (bicyclic) bond motifs is 1. The zero-order valence-electron chi connectivity index (χ0n) is 19.6. The third-order valence-electron chi connectivity index (χ3n) is 5.99. The molecular weight excluding hydrogens is 394 g/mol. The molecule has 4 heteroatoms. The van der Waals surface area contributed by atoms with Gasteiger partial charge in [-0.15, -0.1) is 0 Å². The Balaban J connectivity index is 1.81. The van der Waals surface area contributed by atoms with E-state index in [1.165, 1.54) is 11.1 Å². The number of para-hydroxylation sites is 3. The first-order valence-corrected chi connectivity index (χ1v) is 11.3. The minimum absolute atomic E-state index is 0.0743. The Morgan fingerprint density at radius 3 is 2.25 bits per heavy atom. The van der Waals surface area contributed by atoms with E-state index in [-0.39, 0.29) is 5.91 Å². The van der Waals surface area contributed by atoms with Crippen LogP contribution in [-0.2, 0) is 6.54 Å². The van der Waals surface area contributed by atoms with Crippen LogP contribution in [-0.4, -0.2) is 26.9 Å². The van der Waals surface area contributed by atoms with Gasteiger partial charge in [-0.2, -0.15) is 0 Å². The lowest BCUT2D eigenvalue weighted by Crippen LogP contribution is -2.33. The lowest BCUT2D eigenvalue weighted by Gasteiger charge is -2.25. The van der Waals surface area contributed by atoms with Gasteiger partial charge in [0.15, 0.2) is 0 Å². The van der Waals surface area contributed by atoms with Crippen LogP contribution in [0.15, 0.2) is 60.7 Å². The molecule has 0 spiro atoms. The zero-order chi connectivity index (χ0) is 22.8. The lowest BCUT2D eigenvalue weighted by molar-refractivity contribution is 0.0737. The van der Waals surface area contributed by atoms with Gasteiger partial charge in [0.25, 0.3) is 5.91 Å². The minimum atomic E-state index is 0.0743. The van der Waals surface area contributed by atoms with Crippen molar-refractivity contribution < 1.29 is 4.79 Å². The highest BCUT2D eigenvalue weighted by molar-refractivity contribution is 5.97. The molecule has 0 fully saturated rings. The summed E-state index contributed by atoms with van der Waals surface area (Å²) < 4.78 is 2.20. The second kappa shape index (κ2) is 8.99. The minimum Gasteiger partial charge on any atom is -0.331 e. The molecule has 0 unspecified atom stereocenters. The fraction of sp³-hybridized carbons (Fsp3) is 0.286. The molecule has 4 nitrogen and oxygen atoms in total. The van der Waals surface area contributed by atoms with Crippen molar-refractivity contribution in [1.29, 1.82) is 0 Å². The maximum atomic E-state index is 13.7. The Kier molecular flexibility index (Phi) is 6.13. The van der Waals surface area contributed by atoms with Crippen LogP contribution in [0.3, 0.4) is 0 Å². The van der Waals surface area contributed by atoms with E-state index in [0.717, 1.165) is 45.7 Å². The molecule has 0 bridgehead atoms. The Hall–Kier alpha value is -3.40. The summed E-state index contributed by atoms with van der Waals surface area (Å²) in [6.45, 7) is 11.5. The molecule has 164 valence electrons. The number of carbonyl (C=O) groups is 1. The van der Waals surface area contributed by atoms with E-state index in [9.17, 15) is 4.79 Å². The summed E-state index contributed by atoms with van der Waals surface area (Å²) in [4.78, 5) is 20.6. The van der Waals surface area contributed by atoms with Crippen LogP contribution >= 0.6 is 0 Å². The second-order valence-electron chi connectivity index (χ2n) is 8.64. The molecule has 4 rings (SSSR count). The lowest BCUT2D eigenvalue weighted by atomic mass is 9.98. The maximum Gasteiger partial charge on any atom is 0.254 e. The quantitative estimate of drug-likeness (QED) is 0.363. The summed E-state index contributed by atoms with van der Waals surface area (Å²) in [6.07, 6.45) is 0.889. The Bertz CT molecular complexity index is 1260. The molecule has 0 atom stereocenters. The smallest absolute Gasteiger partial charge is 0.254 e. The largest absolute Gasteiger partial charge is 0.331 e. The first-order chi connectivity index (χ1) is 15.4. The molecule has 1 aromatic heterocycles. The molecule has 32 heavy (non-hydrogen) atoms. The van der Waals surface area contributed by atoms with Gasteiger partial charge in [0, 0.05) is 12.1 Å². The van der Waals surface area contributed by atoms with Gasteiger partial charge in [0.1, 0.15) is 5.82 Å². The second-order valence-corrected chi connectivity index (χ2v) is 8.64. The van der Waals surface area contributed by atoms with Crippen LogP contribution in [0, 0.1) is 27.7 Å². The fourth-order valence-electron chi connectivity index (χ4n) is 4.63. The van der Waals surface area contributed by atoms with Crippen LogP contribution < -0.4 is 0 Å². The highest BCUT2D eigenvalue weighted by Gasteiger charge is 2.23. The van der Waals surface area contributed by atoms with Crippen molar-refractivity contribution in [3.05, 3.63) is 94.3 Å². The number of carbonyl (C=O) groups excluding carboxylic acids is 1. The van der Waals surface area contributed by atoms with Crippen LogP contribution in [0.25, 0.3) is 16.7 Å². The maximum absolute atomic E-state index is 13.7. The first kappa shape index (κ1) is 21.8. The van der Waals surface area contributed by atoms with Gasteiger partial charge in [0.05, 0.1) is 23.3 Å². The zero-order valence-corrected chi connectivity index (χ0v) is 19.6. The van der Waals surface area contributed by atoms with Gasteiger partial charge < -0.3 is 4.90 Å². The van der Waals surface area contributed by atoms with Crippen molar-refractivity contribution in [1.82, 2.24) is 14.5 Å². The van der Waals surface area contributed by atoms with E-state index in [2.05, 4.69) is 61.7 Å². The third-order valence-corrected chi connectivity index (χ3v) is 5.99. The van der Waals surface area contributed by atoms with Gasteiger partial charge in [-0.05, 0) is 69.0 Å². The molecule has 1 amide bonds. The summed E-state index contributed by atoms with van der Waals surface area (Å²) in [5.74, 6) is 0.954. The summed E-state index contributed by atoms with van der Waals surface area (Å²) in [6, 6.07) is 20.7. The molecule has 1 heterocycles. The van der Waals surface area contributed by atoms with E-state index in [4.69, 9.17) is 4.98 Å². The number of aromatic nitrogens is 2. The molecule has 0 saturated carbocycles. The van der Waals surface area contributed by atoms with E-state index in [0.29, 0.717) is 13.1 Å². The molecule has 0 radical (unpaired) electrons. The predicted molar refractivity (Wildman–Crippen MR) is 131 cm³/mol. The molecule has 0 aliphatic heterocycles. The number of imidazole rings is 1. The van der Waals surface area contributed by atoms with Gasteiger partial charge in [0.2, 0.25) is 0 Å². The standard InChI is InChI=1S/C28H31N3O/c1-6-15-30(28(32)27-21(4)16-19(2)17-22(27)5)18-26-29-23-12-8-10-14-25(23)31(26)24-13-9-7-11-20(24)3/h7-14,16-17H,6,15,18H2,1-5H3. The Morgan fingerprint density at radius 1 is 0.906 bits per heavy atom. The van der Waals surface area contributed by atoms with Crippen molar-refractivity contribution in [3.63, 3.8) is 0 Å². The van der Waals surface area contributed by atoms with Crippen molar-refractivity contribution in [3.8, 4) is 5.69 Å². The van der Waals surface area contributed by atoms with Gasteiger partial charge in [-0.3, -0.25) is 9.36 Å². The van der Waals surface area contributed by atoms with Crippen molar-refractivity contribution >= 4 is 16.9 Å². The highest BCUT2D eigenvalue weighted by Crippen LogP contribution is 2.26. The van der Waals surface area contributed by atoms with Gasteiger partial charge in [-0.25, -0.2) is 4.98 Å². The number of nitrogens with zero attached hydrogens (tertiary/aromatic N) is 3. The van der Waals surface area contributed by atoms with E-state index in [1.54, 1.807) is 0 Å². The topological polar surface area (TPSA) is 38.1 Å². The number of amides is 1. The fourth-order valence-corrected chi connectivity index (χ4v) is 4.63. The summed E-state index contributed by atoms with van der Waals surface area (Å²) in [5, 5.41) is 0. The number of benzene rings is 3. The number of rotatable bonds is 6. The molecule has 0 saturated heterocycles. The van der Waals surface area contributed by atoms with Gasteiger partial charge in [-0.1, -0.05) is 55.0 Å². The SMILES string of the molecule is CCCN(Cc1nc2ccccc2n1-c1ccccc1C)C(=O)c1c(C)cc(C)cc1C. The summed E-state index contributed by atoms with van der Waals surface area (Å²) in [7, 11) is 0. The average Bonchev–Trinajstić information content (AvgIpc) is 3.11. The normalized spacial score (nSPS) is 11.2. The predicted octanol–water partition coefficient (Wildman–Crippen LogP) is 6.31. The molecule has 4 aromatic rings. The molecule has 3 aromatic carbocycles. The van der Waals surface area contributed by atoms with E-state index in [1.807, 2.05) is 43.0 Å². The highest BCUT2D eigenvalue weighted by atomic mass is 16.2. The Morgan fingerprint density at radius 2 is 1.56 bits per heavy atom. The molecule has 0 N–H and O–H groups in total. The number of hydrogen-bond acceptors (Lipinski definition) is 2. The number of hydrogen-bond donors (Lipinski definition) is 0. The summed E-state index contributed by atoms with van der Waals surface area (Å²) in [5.41, 5.74) is 8.32. The van der Waals surface area contributed by atoms with Crippen LogP contribution in [0.2, 0.25) is 0 Å². The third kappa shape index (κ3) is 4.05. The van der Waals surface area contributed by atoms with Crippen molar-refractivity contribution in [2.24, 2.45) is 0 Å². The van der Waals surface area contributed by atoms with Crippen molar-refractivity contribution in [2.75, 3.05) is 6.54 Å². The van der Waals surface area contributed by atoms with Crippen LogP contribution in [0.4, 0.5) is 0 Å². The first-order valence-electron chi connectivity index (χ1n) is 11.3. The van der Waals surface area contributed by atoms with Crippen molar-refractivity contribution in [2.45, 2.75) is 47.6 Å². The van der Waals surface area contributed by atoms with E-state index < -0.39 is 0 Å². The molecule has 0 aliphatic rings. The Labute approximate surface area is 190 Å². The monoisotopic (exact) mass is 425 g/mol. The molecular formula is C28H31N3O.